The first-order valence-corrected chi connectivity index (χ1v) is 12.0. The van der Waals surface area contributed by atoms with Gasteiger partial charge in [-0.25, -0.2) is 4.79 Å². The van der Waals surface area contributed by atoms with Crippen molar-refractivity contribution < 1.29 is 23.9 Å². The van der Waals surface area contributed by atoms with Gasteiger partial charge in [0.05, 0.1) is 25.1 Å². The predicted octanol–water partition coefficient (Wildman–Crippen LogP) is 2.22. The molecule has 1 unspecified atom stereocenters. The minimum Gasteiger partial charge on any atom is -0.495 e. The highest BCUT2D eigenvalue weighted by Gasteiger charge is 2.37. The minimum atomic E-state index is -0.784. The summed E-state index contributed by atoms with van der Waals surface area (Å²) in [6.45, 7) is 4.84. The molecule has 0 bridgehead atoms. The van der Waals surface area contributed by atoms with Crippen molar-refractivity contribution in [2.24, 2.45) is 5.10 Å². The van der Waals surface area contributed by atoms with E-state index >= 15 is 0 Å². The summed E-state index contributed by atoms with van der Waals surface area (Å²) in [5.74, 6) is -0.606. The maximum atomic E-state index is 13.5. The summed E-state index contributed by atoms with van der Waals surface area (Å²) in [7, 11) is 3.53. The fourth-order valence-electron chi connectivity index (χ4n) is 4.22. The van der Waals surface area contributed by atoms with Crippen molar-refractivity contribution in [3.8, 4) is 5.75 Å². The van der Waals surface area contributed by atoms with Crippen LogP contribution in [0.2, 0.25) is 0 Å². The van der Waals surface area contributed by atoms with Gasteiger partial charge in [-0.3, -0.25) is 14.6 Å². The Balaban J connectivity index is 1.56. The number of hydrogen-bond donors (Lipinski definition) is 1. The molecule has 0 saturated carbocycles. The standard InChI is InChI=1S/C26H31N5O5/c1-4-36-26(34)21-17-22(31(28-21)19-8-6-5-7-9-19)24(32)27-20-16-18(10-11-23(20)35-3)25(33)30-14-12-29(2)13-15-30/h5-11,16,22H,4,12-15,17H2,1-3H3,(H,27,32). The van der Waals surface area contributed by atoms with Crippen molar-refractivity contribution in [1.29, 1.82) is 0 Å². The van der Waals surface area contributed by atoms with Crippen LogP contribution in [0.5, 0.6) is 5.75 Å². The van der Waals surface area contributed by atoms with Gasteiger partial charge in [-0.1, -0.05) is 18.2 Å². The summed E-state index contributed by atoms with van der Waals surface area (Å²) in [4.78, 5) is 42.9. The van der Waals surface area contributed by atoms with E-state index in [1.165, 1.54) is 12.1 Å². The molecule has 0 aromatic heterocycles. The smallest absolute Gasteiger partial charge is 0.354 e. The number of likely N-dealkylation sites (N-methyl/N-ethyl adjacent to an activating group) is 1. The van der Waals surface area contributed by atoms with Crippen molar-refractivity contribution in [3.63, 3.8) is 0 Å². The molecule has 10 heteroatoms. The zero-order chi connectivity index (χ0) is 25.7. The molecule has 0 spiro atoms. The van der Waals surface area contributed by atoms with Crippen LogP contribution in [0.3, 0.4) is 0 Å². The molecule has 1 saturated heterocycles. The molecule has 4 rings (SSSR count). The maximum absolute atomic E-state index is 13.5. The first-order valence-electron chi connectivity index (χ1n) is 12.0. The zero-order valence-electron chi connectivity index (χ0n) is 20.8. The number of nitrogens with zero attached hydrogens (tertiary/aromatic N) is 4. The molecule has 10 nitrogen and oxygen atoms in total. The molecular formula is C26H31N5O5. The van der Waals surface area contributed by atoms with E-state index in [9.17, 15) is 14.4 Å². The third kappa shape index (κ3) is 5.49. The Bertz CT molecular complexity index is 1140. The van der Waals surface area contributed by atoms with E-state index < -0.39 is 12.0 Å². The van der Waals surface area contributed by atoms with E-state index in [-0.39, 0.29) is 30.6 Å². The lowest BCUT2D eigenvalue weighted by molar-refractivity contribution is -0.135. The van der Waals surface area contributed by atoms with E-state index in [1.54, 1.807) is 30.0 Å². The topological polar surface area (TPSA) is 104 Å². The lowest BCUT2D eigenvalue weighted by Gasteiger charge is -2.32. The molecule has 2 aromatic rings. The number of ether oxygens (including phenoxy) is 2. The van der Waals surface area contributed by atoms with Crippen molar-refractivity contribution in [2.45, 2.75) is 19.4 Å². The van der Waals surface area contributed by atoms with Gasteiger partial charge in [-0.2, -0.15) is 5.10 Å². The highest BCUT2D eigenvalue weighted by molar-refractivity contribution is 6.38. The van der Waals surface area contributed by atoms with Gasteiger partial charge in [0.1, 0.15) is 17.5 Å². The second-order valence-electron chi connectivity index (χ2n) is 8.67. The number of para-hydroxylation sites is 1. The third-order valence-electron chi connectivity index (χ3n) is 6.24. The molecule has 2 amide bonds. The average molecular weight is 494 g/mol. The first kappa shape index (κ1) is 25.2. The largest absolute Gasteiger partial charge is 0.495 e. The van der Waals surface area contributed by atoms with E-state index in [0.717, 1.165) is 13.1 Å². The number of benzene rings is 2. The van der Waals surface area contributed by atoms with E-state index in [2.05, 4.69) is 15.3 Å². The number of carbonyl (C=O) groups is 3. The number of esters is 1. The lowest BCUT2D eigenvalue weighted by atomic mass is 10.1. The van der Waals surface area contributed by atoms with Crippen LogP contribution in [-0.4, -0.2) is 86.3 Å². The number of hydrazone groups is 1. The van der Waals surface area contributed by atoms with Crippen LogP contribution in [0.1, 0.15) is 23.7 Å². The van der Waals surface area contributed by atoms with Gasteiger partial charge in [0.25, 0.3) is 5.91 Å². The maximum Gasteiger partial charge on any atom is 0.354 e. The molecular weight excluding hydrogens is 462 g/mol. The molecule has 2 aliphatic rings. The van der Waals surface area contributed by atoms with Crippen molar-refractivity contribution in [2.75, 3.05) is 57.3 Å². The highest BCUT2D eigenvalue weighted by atomic mass is 16.5. The number of carbonyl (C=O) groups excluding carboxylic acids is 3. The third-order valence-corrected chi connectivity index (χ3v) is 6.24. The number of amides is 2. The van der Waals surface area contributed by atoms with Gasteiger partial charge in [0.15, 0.2) is 0 Å². The van der Waals surface area contributed by atoms with E-state index in [4.69, 9.17) is 9.47 Å². The van der Waals surface area contributed by atoms with Gasteiger partial charge < -0.3 is 24.6 Å². The molecule has 2 heterocycles. The Morgan fingerprint density at radius 1 is 1.06 bits per heavy atom. The molecule has 1 fully saturated rings. The predicted molar refractivity (Wildman–Crippen MR) is 136 cm³/mol. The number of methoxy groups -OCH3 is 1. The Morgan fingerprint density at radius 2 is 1.78 bits per heavy atom. The fraction of sp³-hybridized carbons (Fsp3) is 0.385. The Morgan fingerprint density at radius 3 is 2.44 bits per heavy atom. The van der Waals surface area contributed by atoms with Crippen LogP contribution in [0.4, 0.5) is 11.4 Å². The number of rotatable bonds is 7. The minimum absolute atomic E-state index is 0.0851. The van der Waals surface area contributed by atoms with Crippen LogP contribution in [-0.2, 0) is 14.3 Å². The van der Waals surface area contributed by atoms with Crippen LogP contribution in [0.25, 0.3) is 0 Å². The summed E-state index contributed by atoms with van der Waals surface area (Å²) in [5, 5.41) is 8.81. The van der Waals surface area contributed by atoms with Crippen LogP contribution in [0.15, 0.2) is 53.6 Å². The summed E-state index contributed by atoms with van der Waals surface area (Å²) in [5.41, 5.74) is 1.68. The molecule has 36 heavy (non-hydrogen) atoms. The van der Waals surface area contributed by atoms with Crippen molar-refractivity contribution in [3.05, 3.63) is 54.1 Å². The molecule has 0 radical (unpaired) electrons. The van der Waals surface area contributed by atoms with E-state index in [1.807, 2.05) is 37.4 Å². The van der Waals surface area contributed by atoms with Crippen LogP contribution < -0.4 is 15.1 Å². The number of anilines is 2. The molecule has 1 atom stereocenters. The lowest BCUT2D eigenvalue weighted by Crippen LogP contribution is -2.47. The monoisotopic (exact) mass is 493 g/mol. The highest BCUT2D eigenvalue weighted by Crippen LogP contribution is 2.30. The fourth-order valence-corrected chi connectivity index (χ4v) is 4.22. The van der Waals surface area contributed by atoms with Gasteiger partial charge >= 0.3 is 5.97 Å². The van der Waals surface area contributed by atoms with Gasteiger partial charge in [0.2, 0.25) is 5.91 Å². The van der Waals surface area contributed by atoms with Gasteiger partial charge in [0, 0.05) is 38.2 Å². The SMILES string of the molecule is CCOC(=O)C1=NN(c2ccccc2)C(C(=O)Nc2cc(C(=O)N3CCN(C)CC3)ccc2OC)C1. The summed E-state index contributed by atoms with van der Waals surface area (Å²) in [6.07, 6.45) is 0.0851. The normalized spacial score (nSPS) is 18.0. The molecule has 0 aliphatic carbocycles. The van der Waals surface area contributed by atoms with Gasteiger partial charge in [-0.15, -0.1) is 0 Å². The van der Waals surface area contributed by atoms with Crippen molar-refractivity contribution >= 4 is 34.9 Å². The molecule has 1 N–H and O–H groups in total. The average Bonchev–Trinajstić information content (AvgIpc) is 3.35. The second kappa shape index (κ2) is 11.2. The molecule has 2 aliphatic heterocycles. The number of hydrogen-bond acceptors (Lipinski definition) is 8. The zero-order valence-corrected chi connectivity index (χ0v) is 20.8. The summed E-state index contributed by atoms with van der Waals surface area (Å²) < 4.78 is 10.5. The van der Waals surface area contributed by atoms with Gasteiger partial charge in [-0.05, 0) is 44.3 Å². The Labute approximate surface area is 210 Å². The molecule has 190 valence electrons. The summed E-state index contributed by atoms with van der Waals surface area (Å²) in [6, 6.07) is 13.4. The Kier molecular flexibility index (Phi) is 7.84. The second-order valence-corrected chi connectivity index (χ2v) is 8.67. The van der Waals surface area contributed by atoms with E-state index in [0.29, 0.717) is 35.8 Å². The van der Waals surface area contributed by atoms with Crippen molar-refractivity contribution in [1.82, 2.24) is 9.80 Å². The number of piperazine rings is 1. The van der Waals surface area contributed by atoms with Crippen LogP contribution in [0, 0.1) is 0 Å². The molecule has 2 aromatic carbocycles. The van der Waals surface area contributed by atoms with Crippen LogP contribution >= 0.6 is 0 Å². The first-order chi connectivity index (χ1) is 17.4. The number of nitrogens with one attached hydrogen (secondary N) is 1. The Hall–Kier alpha value is -3.92. The quantitative estimate of drug-likeness (QED) is 0.590. The summed E-state index contributed by atoms with van der Waals surface area (Å²) >= 11 is 0.